The number of alkyl halides is 1. The van der Waals surface area contributed by atoms with Gasteiger partial charge >= 0.3 is 0 Å². The fourth-order valence-corrected chi connectivity index (χ4v) is 2.04. The quantitative estimate of drug-likeness (QED) is 0.594. The zero-order valence-corrected chi connectivity index (χ0v) is 8.31. The first-order chi connectivity index (χ1) is 5.24. The third-order valence-corrected chi connectivity index (χ3v) is 3.26. The molecule has 1 rings (SSSR count). The SMILES string of the molecule is Cc1csc(C(Br)OC=O)c1. The van der Waals surface area contributed by atoms with E-state index in [0.717, 1.165) is 4.88 Å². The minimum atomic E-state index is -0.293. The molecule has 60 valence electrons. The zero-order valence-electron chi connectivity index (χ0n) is 5.91. The van der Waals surface area contributed by atoms with Gasteiger partial charge in [-0.05, 0) is 39.9 Å². The lowest BCUT2D eigenvalue weighted by atomic mass is 10.3. The Morgan fingerprint density at radius 3 is 3.00 bits per heavy atom. The van der Waals surface area contributed by atoms with Crippen molar-refractivity contribution in [1.29, 1.82) is 0 Å². The Morgan fingerprint density at radius 2 is 2.55 bits per heavy atom. The monoisotopic (exact) mass is 234 g/mol. The van der Waals surface area contributed by atoms with E-state index in [4.69, 9.17) is 0 Å². The van der Waals surface area contributed by atoms with Crippen molar-refractivity contribution in [2.24, 2.45) is 0 Å². The number of carbonyl (C=O) groups excluding carboxylic acids is 1. The second-order valence-corrected chi connectivity index (χ2v) is 3.85. The molecule has 0 radical (unpaired) electrons. The molecule has 1 atom stereocenters. The van der Waals surface area contributed by atoms with Crippen LogP contribution >= 0.6 is 27.3 Å². The molecule has 1 aromatic rings. The van der Waals surface area contributed by atoms with Crippen LogP contribution in [-0.2, 0) is 9.53 Å². The Balaban J connectivity index is 2.67. The van der Waals surface area contributed by atoms with Crippen molar-refractivity contribution in [3.8, 4) is 0 Å². The van der Waals surface area contributed by atoms with Gasteiger partial charge < -0.3 is 4.74 Å². The molecule has 1 aromatic heterocycles. The Morgan fingerprint density at radius 1 is 1.82 bits per heavy atom. The van der Waals surface area contributed by atoms with E-state index in [1.165, 1.54) is 5.56 Å². The number of aryl methyl sites for hydroxylation is 1. The van der Waals surface area contributed by atoms with Crippen molar-refractivity contribution in [3.05, 3.63) is 21.9 Å². The highest BCUT2D eigenvalue weighted by Crippen LogP contribution is 2.28. The molecule has 0 fully saturated rings. The van der Waals surface area contributed by atoms with Crippen molar-refractivity contribution >= 4 is 33.7 Å². The summed E-state index contributed by atoms with van der Waals surface area (Å²) in [5, 5.41) is 1.72. The van der Waals surface area contributed by atoms with Crippen LogP contribution in [0.25, 0.3) is 0 Å². The van der Waals surface area contributed by atoms with Crippen molar-refractivity contribution in [1.82, 2.24) is 0 Å². The first-order valence-electron chi connectivity index (χ1n) is 3.02. The van der Waals surface area contributed by atoms with E-state index >= 15 is 0 Å². The maximum Gasteiger partial charge on any atom is 0.294 e. The van der Waals surface area contributed by atoms with Gasteiger partial charge in [-0.3, -0.25) is 4.79 Å². The molecular formula is C7H7BrO2S. The van der Waals surface area contributed by atoms with Crippen LogP contribution in [0.1, 0.15) is 15.5 Å². The molecule has 2 nitrogen and oxygen atoms in total. The summed E-state index contributed by atoms with van der Waals surface area (Å²) in [6.07, 6.45) is 0. The van der Waals surface area contributed by atoms with E-state index in [2.05, 4.69) is 20.7 Å². The Bertz CT molecular complexity index is 246. The minimum Gasteiger partial charge on any atom is -0.447 e. The molecule has 1 heterocycles. The summed E-state index contributed by atoms with van der Waals surface area (Å²) in [6, 6.07) is 1.98. The highest BCUT2D eigenvalue weighted by Gasteiger charge is 2.08. The summed E-state index contributed by atoms with van der Waals surface area (Å²) < 4.78 is 4.69. The number of ether oxygens (including phenoxy) is 1. The molecule has 0 aliphatic heterocycles. The second kappa shape index (κ2) is 3.88. The average Bonchev–Trinajstić information content (AvgIpc) is 2.36. The summed E-state index contributed by atoms with van der Waals surface area (Å²) in [4.78, 5) is 11.0. The Hall–Kier alpha value is -0.350. The zero-order chi connectivity index (χ0) is 8.27. The summed E-state index contributed by atoms with van der Waals surface area (Å²) in [7, 11) is 0. The highest BCUT2D eigenvalue weighted by atomic mass is 79.9. The smallest absolute Gasteiger partial charge is 0.294 e. The third kappa shape index (κ3) is 2.31. The lowest BCUT2D eigenvalue weighted by molar-refractivity contribution is -0.129. The van der Waals surface area contributed by atoms with E-state index in [1.807, 2.05) is 18.4 Å². The van der Waals surface area contributed by atoms with Crippen LogP contribution < -0.4 is 0 Å². The fourth-order valence-electron chi connectivity index (χ4n) is 0.688. The average molecular weight is 235 g/mol. The van der Waals surface area contributed by atoms with E-state index in [0.29, 0.717) is 6.47 Å². The predicted octanol–water partition coefficient (Wildman–Crippen LogP) is 2.62. The van der Waals surface area contributed by atoms with Crippen LogP contribution in [0.4, 0.5) is 0 Å². The Labute approximate surface area is 77.3 Å². The number of carbonyl (C=O) groups is 1. The second-order valence-electron chi connectivity index (χ2n) is 2.07. The van der Waals surface area contributed by atoms with Crippen LogP contribution in [0.2, 0.25) is 0 Å². The summed E-state index contributed by atoms with van der Waals surface area (Å²) in [5.41, 5.74) is 1.18. The molecule has 1 unspecified atom stereocenters. The van der Waals surface area contributed by atoms with Crippen LogP contribution in [0.3, 0.4) is 0 Å². The molecule has 0 saturated heterocycles. The number of halogens is 1. The first kappa shape index (κ1) is 8.74. The molecule has 0 aromatic carbocycles. The van der Waals surface area contributed by atoms with Crippen molar-refractivity contribution < 1.29 is 9.53 Å². The number of hydrogen-bond acceptors (Lipinski definition) is 3. The molecule has 0 amide bonds. The lowest BCUT2D eigenvalue weighted by Crippen LogP contribution is -1.90. The predicted molar refractivity (Wildman–Crippen MR) is 47.9 cm³/mol. The van der Waals surface area contributed by atoms with Gasteiger partial charge in [-0.15, -0.1) is 11.3 Å². The molecule has 0 aliphatic carbocycles. The van der Waals surface area contributed by atoms with Gasteiger partial charge in [0.15, 0.2) is 5.01 Å². The maximum absolute atomic E-state index is 9.95. The number of hydrogen-bond donors (Lipinski definition) is 0. The van der Waals surface area contributed by atoms with Crippen LogP contribution in [0.5, 0.6) is 0 Å². The summed E-state index contributed by atoms with van der Waals surface area (Å²) >= 11 is 4.78. The molecule has 4 heteroatoms. The van der Waals surface area contributed by atoms with Gasteiger partial charge in [0, 0.05) is 0 Å². The van der Waals surface area contributed by atoms with E-state index < -0.39 is 0 Å². The third-order valence-electron chi connectivity index (χ3n) is 1.15. The normalized spacial score (nSPS) is 12.5. The van der Waals surface area contributed by atoms with E-state index in [9.17, 15) is 4.79 Å². The van der Waals surface area contributed by atoms with Crippen LogP contribution in [-0.4, -0.2) is 6.47 Å². The summed E-state index contributed by atoms with van der Waals surface area (Å²) in [5.74, 6) is 0. The molecule has 0 spiro atoms. The van der Waals surface area contributed by atoms with E-state index in [1.54, 1.807) is 11.3 Å². The molecule has 11 heavy (non-hydrogen) atoms. The largest absolute Gasteiger partial charge is 0.447 e. The molecule has 0 bridgehead atoms. The standard InChI is InChI=1S/C7H7BrO2S/c1-5-2-6(11-3-5)7(8)10-4-9/h2-4,7H,1H3. The molecule has 0 N–H and O–H groups in total. The van der Waals surface area contributed by atoms with E-state index in [-0.39, 0.29) is 5.01 Å². The highest BCUT2D eigenvalue weighted by molar-refractivity contribution is 9.09. The minimum absolute atomic E-state index is 0.293. The molecular weight excluding hydrogens is 228 g/mol. The van der Waals surface area contributed by atoms with Crippen LogP contribution in [0.15, 0.2) is 11.4 Å². The topological polar surface area (TPSA) is 26.3 Å². The lowest BCUT2D eigenvalue weighted by Gasteiger charge is -2.02. The summed E-state index contributed by atoms with van der Waals surface area (Å²) in [6.45, 7) is 2.44. The Kier molecular flexibility index (Phi) is 3.08. The van der Waals surface area contributed by atoms with Gasteiger partial charge in [0.1, 0.15) is 0 Å². The molecule has 0 aliphatic rings. The van der Waals surface area contributed by atoms with Crippen molar-refractivity contribution in [3.63, 3.8) is 0 Å². The van der Waals surface area contributed by atoms with Gasteiger partial charge in [0.05, 0.1) is 4.88 Å². The van der Waals surface area contributed by atoms with Crippen LogP contribution in [0, 0.1) is 6.92 Å². The maximum atomic E-state index is 9.95. The number of rotatable bonds is 3. The van der Waals surface area contributed by atoms with Gasteiger partial charge in [-0.1, -0.05) is 0 Å². The van der Waals surface area contributed by atoms with Gasteiger partial charge in [0.2, 0.25) is 0 Å². The molecule has 0 saturated carbocycles. The fraction of sp³-hybridized carbons (Fsp3) is 0.286. The van der Waals surface area contributed by atoms with Gasteiger partial charge in [0.25, 0.3) is 6.47 Å². The number of thiophene rings is 1. The first-order valence-corrected chi connectivity index (χ1v) is 4.82. The van der Waals surface area contributed by atoms with Gasteiger partial charge in [-0.25, -0.2) is 0 Å². The van der Waals surface area contributed by atoms with Crippen molar-refractivity contribution in [2.45, 2.75) is 11.9 Å². The van der Waals surface area contributed by atoms with Crippen molar-refractivity contribution in [2.75, 3.05) is 0 Å². The van der Waals surface area contributed by atoms with Gasteiger partial charge in [-0.2, -0.15) is 0 Å².